The zero-order valence-electron chi connectivity index (χ0n) is 12.6. The molecule has 1 saturated heterocycles. The van der Waals surface area contributed by atoms with Crippen LogP contribution in [0.25, 0.3) is 0 Å². The van der Waals surface area contributed by atoms with Crippen molar-refractivity contribution in [3.63, 3.8) is 0 Å². The van der Waals surface area contributed by atoms with Crippen LogP contribution in [0.1, 0.15) is 47.5 Å². The molecule has 3 nitrogen and oxygen atoms in total. The summed E-state index contributed by atoms with van der Waals surface area (Å²) in [6, 6.07) is 0.318. The smallest absolute Gasteiger partial charge is 0.244 e. The number of carbonyl (C=O) groups excluding carboxylic acids is 1. The summed E-state index contributed by atoms with van der Waals surface area (Å²) >= 11 is 1.85. The van der Waals surface area contributed by atoms with Gasteiger partial charge in [0.1, 0.15) is 0 Å². The molecule has 18 heavy (non-hydrogen) atoms. The Morgan fingerprint density at radius 3 is 2.50 bits per heavy atom. The van der Waals surface area contributed by atoms with Crippen molar-refractivity contribution >= 4 is 17.7 Å². The lowest BCUT2D eigenvalue weighted by Crippen LogP contribution is -2.46. The molecule has 3 atom stereocenters. The molecule has 0 saturated carbocycles. The predicted octanol–water partition coefficient (Wildman–Crippen LogP) is 2.71. The highest BCUT2D eigenvalue weighted by Crippen LogP contribution is 2.29. The molecule has 0 aromatic rings. The Hall–Kier alpha value is -0.220. The molecule has 1 rings (SSSR count). The first-order valence-corrected chi connectivity index (χ1v) is 8.36. The number of amides is 1. The quantitative estimate of drug-likeness (QED) is 0.807. The SMILES string of the molecule is CCC1(C)NC(C(C)C)N(C(C)CCSC)C1=O. The third-order valence-corrected chi connectivity index (χ3v) is 4.67. The highest BCUT2D eigenvalue weighted by atomic mass is 32.2. The summed E-state index contributed by atoms with van der Waals surface area (Å²) in [5.41, 5.74) is -0.372. The summed E-state index contributed by atoms with van der Waals surface area (Å²) in [7, 11) is 0. The number of thioether (sulfide) groups is 1. The van der Waals surface area contributed by atoms with E-state index in [-0.39, 0.29) is 17.6 Å². The van der Waals surface area contributed by atoms with Gasteiger partial charge in [0.15, 0.2) is 0 Å². The van der Waals surface area contributed by atoms with Crippen molar-refractivity contribution in [1.82, 2.24) is 10.2 Å². The van der Waals surface area contributed by atoms with Crippen molar-refractivity contribution in [1.29, 1.82) is 0 Å². The van der Waals surface area contributed by atoms with E-state index in [1.807, 2.05) is 18.7 Å². The molecule has 1 amide bonds. The summed E-state index contributed by atoms with van der Waals surface area (Å²) in [6.07, 6.45) is 4.21. The topological polar surface area (TPSA) is 32.3 Å². The number of nitrogens with one attached hydrogen (secondary N) is 1. The third-order valence-electron chi connectivity index (χ3n) is 4.03. The second kappa shape index (κ2) is 6.29. The minimum absolute atomic E-state index is 0.180. The van der Waals surface area contributed by atoms with Gasteiger partial charge in [-0.2, -0.15) is 11.8 Å². The van der Waals surface area contributed by atoms with Crippen molar-refractivity contribution in [2.45, 2.75) is 65.2 Å². The molecule has 0 spiro atoms. The van der Waals surface area contributed by atoms with Crippen molar-refractivity contribution in [3.05, 3.63) is 0 Å². The molecule has 1 fully saturated rings. The largest absolute Gasteiger partial charge is 0.323 e. The monoisotopic (exact) mass is 272 g/mol. The summed E-state index contributed by atoms with van der Waals surface area (Å²) in [5.74, 6) is 1.83. The summed E-state index contributed by atoms with van der Waals surface area (Å²) in [6.45, 7) is 10.7. The Balaban J connectivity index is 2.87. The van der Waals surface area contributed by atoms with Crippen LogP contribution < -0.4 is 5.32 Å². The summed E-state index contributed by atoms with van der Waals surface area (Å²) in [4.78, 5) is 14.7. The van der Waals surface area contributed by atoms with Crippen LogP contribution in [-0.4, -0.2) is 40.6 Å². The molecule has 0 radical (unpaired) electrons. The average Bonchev–Trinajstić information content (AvgIpc) is 2.60. The Labute approximate surface area is 116 Å². The van der Waals surface area contributed by atoms with Gasteiger partial charge in [-0.15, -0.1) is 0 Å². The van der Waals surface area contributed by atoms with Crippen LogP contribution in [0.2, 0.25) is 0 Å². The molecule has 1 aliphatic rings. The van der Waals surface area contributed by atoms with Crippen LogP contribution in [0.15, 0.2) is 0 Å². The molecule has 0 aromatic carbocycles. The van der Waals surface area contributed by atoms with Gasteiger partial charge in [0.05, 0.1) is 11.7 Å². The zero-order chi connectivity index (χ0) is 13.9. The van der Waals surface area contributed by atoms with E-state index in [4.69, 9.17) is 0 Å². The number of hydrogen-bond acceptors (Lipinski definition) is 3. The van der Waals surface area contributed by atoms with Crippen LogP contribution >= 0.6 is 11.8 Å². The van der Waals surface area contributed by atoms with Gasteiger partial charge in [0.25, 0.3) is 0 Å². The molecular weight excluding hydrogens is 244 g/mol. The van der Waals surface area contributed by atoms with Gasteiger partial charge in [-0.25, -0.2) is 0 Å². The Bertz CT molecular complexity index is 296. The second-order valence-electron chi connectivity index (χ2n) is 5.86. The van der Waals surface area contributed by atoms with Gasteiger partial charge in [-0.3, -0.25) is 10.1 Å². The fourth-order valence-corrected chi connectivity index (χ4v) is 3.09. The first-order chi connectivity index (χ1) is 8.37. The second-order valence-corrected chi connectivity index (χ2v) is 6.85. The van der Waals surface area contributed by atoms with E-state index in [0.717, 1.165) is 18.6 Å². The van der Waals surface area contributed by atoms with E-state index in [2.05, 4.69) is 44.2 Å². The first kappa shape index (κ1) is 15.8. The molecule has 106 valence electrons. The van der Waals surface area contributed by atoms with Gasteiger partial charge in [-0.1, -0.05) is 20.8 Å². The molecule has 0 aromatic heterocycles. The molecule has 4 heteroatoms. The molecule has 1 heterocycles. The molecule has 0 bridgehead atoms. The number of hydrogen-bond donors (Lipinski definition) is 1. The minimum Gasteiger partial charge on any atom is -0.323 e. The van der Waals surface area contributed by atoms with E-state index in [9.17, 15) is 4.79 Å². The minimum atomic E-state index is -0.372. The van der Waals surface area contributed by atoms with Gasteiger partial charge in [-0.05, 0) is 44.6 Å². The molecular formula is C14H28N2OS. The average molecular weight is 272 g/mol. The van der Waals surface area contributed by atoms with Crippen molar-refractivity contribution < 1.29 is 4.79 Å². The van der Waals surface area contributed by atoms with E-state index in [0.29, 0.717) is 12.0 Å². The lowest BCUT2D eigenvalue weighted by molar-refractivity contribution is -0.135. The van der Waals surface area contributed by atoms with Crippen molar-refractivity contribution in [3.8, 4) is 0 Å². The Morgan fingerprint density at radius 2 is 2.06 bits per heavy atom. The lowest BCUT2D eigenvalue weighted by atomic mass is 9.99. The highest BCUT2D eigenvalue weighted by Gasteiger charge is 2.48. The molecule has 1 N–H and O–H groups in total. The molecule has 1 aliphatic heterocycles. The van der Waals surface area contributed by atoms with Gasteiger partial charge in [0, 0.05) is 6.04 Å². The lowest BCUT2D eigenvalue weighted by Gasteiger charge is -2.32. The van der Waals surface area contributed by atoms with Crippen LogP contribution in [0.5, 0.6) is 0 Å². The predicted molar refractivity (Wildman–Crippen MR) is 79.8 cm³/mol. The maximum absolute atomic E-state index is 12.6. The fourth-order valence-electron chi connectivity index (χ4n) is 2.51. The molecule has 3 unspecified atom stereocenters. The van der Waals surface area contributed by atoms with Crippen LogP contribution in [0.3, 0.4) is 0 Å². The maximum atomic E-state index is 12.6. The van der Waals surface area contributed by atoms with Gasteiger partial charge in [0.2, 0.25) is 5.91 Å². The van der Waals surface area contributed by atoms with E-state index >= 15 is 0 Å². The van der Waals surface area contributed by atoms with Crippen molar-refractivity contribution in [2.24, 2.45) is 5.92 Å². The number of carbonyl (C=O) groups is 1. The fraction of sp³-hybridized carbons (Fsp3) is 0.929. The number of nitrogens with zero attached hydrogens (tertiary/aromatic N) is 1. The van der Waals surface area contributed by atoms with Gasteiger partial charge < -0.3 is 4.90 Å². The summed E-state index contributed by atoms with van der Waals surface area (Å²) in [5, 5.41) is 3.54. The van der Waals surface area contributed by atoms with Gasteiger partial charge >= 0.3 is 0 Å². The van der Waals surface area contributed by atoms with E-state index < -0.39 is 0 Å². The first-order valence-electron chi connectivity index (χ1n) is 6.96. The third kappa shape index (κ3) is 3.02. The van der Waals surface area contributed by atoms with Crippen LogP contribution in [0, 0.1) is 5.92 Å². The van der Waals surface area contributed by atoms with Crippen LogP contribution in [-0.2, 0) is 4.79 Å². The number of rotatable bonds is 6. The van der Waals surface area contributed by atoms with E-state index in [1.54, 1.807) is 0 Å². The highest BCUT2D eigenvalue weighted by molar-refractivity contribution is 7.98. The molecule has 0 aliphatic carbocycles. The summed E-state index contributed by atoms with van der Waals surface area (Å²) < 4.78 is 0. The normalized spacial score (nSPS) is 30.3. The maximum Gasteiger partial charge on any atom is 0.244 e. The van der Waals surface area contributed by atoms with Crippen molar-refractivity contribution in [2.75, 3.05) is 12.0 Å². The zero-order valence-corrected chi connectivity index (χ0v) is 13.4. The van der Waals surface area contributed by atoms with E-state index in [1.165, 1.54) is 0 Å². The Morgan fingerprint density at radius 1 is 1.44 bits per heavy atom. The Kier molecular flexibility index (Phi) is 5.53. The van der Waals surface area contributed by atoms with Crippen LogP contribution in [0.4, 0.5) is 0 Å². The standard InChI is InChI=1S/C14H28N2OS/c1-7-14(5)13(17)16(11(4)8-9-18-6)12(15-14)10(2)3/h10-12,15H,7-9H2,1-6H3.